The zero-order chi connectivity index (χ0) is 19.8. The van der Waals surface area contributed by atoms with Crippen LogP contribution in [-0.2, 0) is 15.8 Å². The fraction of sp³-hybridized carbons (Fsp3) is 0.636. The third-order valence-electron chi connectivity index (χ3n) is 5.45. The first-order valence-electron chi connectivity index (χ1n) is 9.67. The average molecular weight is 379 g/mol. The molecule has 0 fully saturated rings. The summed E-state index contributed by atoms with van der Waals surface area (Å²) < 4.78 is 12.4. The van der Waals surface area contributed by atoms with Gasteiger partial charge in [0.05, 0.1) is 12.7 Å². The van der Waals surface area contributed by atoms with Gasteiger partial charge in [-0.05, 0) is 42.5 Å². The highest BCUT2D eigenvalue weighted by Gasteiger charge is 2.39. The molecule has 0 aliphatic carbocycles. The molecule has 0 aromatic heterocycles. The molecule has 1 aromatic rings. The van der Waals surface area contributed by atoms with Gasteiger partial charge in [-0.15, -0.1) is 6.58 Å². The Bertz CT molecular complexity index is 522. The second-order valence-electron chi connectivity index (χ2n) is 8.72. The molecule has 0 aliphatic rings. The van der Waals surface area contributed by atoms with E-state index in [1.807, 2.05) is 25.1 Å². The van der Waals surface area contributed by atoms with Gasteiger partial charge >= 0.3 is 0 Å². The van der Waals surface area contributed by atoms with Crippen LogP contribution in [0.2, 0.25) is 18.1 Å². The van der Waals surface area contributed by atoms with Gasteiger partial charge in [0.2, 0.25) is 0 Å². The zero-order valence-corrected chi connectivity index (χ0v) is 18.5. The lowest BCUT2D eigenvalue weighted by Gasteiger charge is -2.40. The van der Waals surface area contributed by atoms with E-state index in [4.69, 9.17) is 9.16 Å². The fourth-order valence-corrected chi connectivity index (χ4v) is 3.84. The molecule has 0 unspecified atom stereocenters. The van der Waals surface area contributed by atoms with Crippen LogP contribution < -0.4 is 0 Å². The number of rotatable bonds is 11. The van der Waals surface area contributed by atoms with Gasteiger partial charge in [-0.2, -0.15) is 0 Å². The van der Waals surface area contributed by atoms with Crippen molar-refractivity contribution in [2.75, 3.05) is 6.61 Å². The zero-order valence-electron chi connectivity index (χ0n) is 17.5. The lowest BCUT2D eigenvalue weighted by atomic mass is 9.98. The van der Waals surface area contributed by atoms with Gasteiger partial charge in [0.1, 0.15) is 0 Å². The Kier molecular flexibility index (Phi) is 9.24. The molecule has 0 radical (unpaired) electrons. The van der Waals surface area contributed by atoms with E-state index in [1.165, 1.54) is 5.56 Å². The molecule has 0 heterocycles. The minimum Gasteiger partial charge on any atom is -0.414 e. The van der Waals surface area contributed by atoms with Crippen molar-refractivity contribution in [1.82, 2.24) is 0 Å². The van der Waals surface area contributed by atoms with E-state index in [0.717, 1.165) is 6.42 Å². The number of benzene rings is 1. The van der Waals surface area contributed by atoms with E-state index >= 15 is 0 Å². The highest BCUT2D eigenvalue weighted by molar-refractivity contribution is 6.74. The molecule has 1 aromatic carbocycles. The third-order valence-corrected chi connectivity index (χ3v) is 9.98. The minimum atomic E-state index is -1.90. The molecule has 26 heavy (non-hydrogen) atoms. The van der Waals surface area contributed by atoms with Crippen molar-refractivity contribution in [2.45, 2.75) is 77.5 Å². The molecule has 0 bridgehead atoms. The predicted molar refractivity (Wildman–Crippen MR) is 113 cm³/mol. The minimum absolute atomic E-state index is 0.00376. The molecule has 3 atom stereocenters. The van der Waals surface area contributed by atoms with Crippen LogP contribution in [-0.4, -0.2) is 32.2 Å². The maximum absolute atomic E-state index is 10.4. The SMILES string of the molecule is C=C[C@@H](C)[C@H](O)C[C@H](CCOCc1ccccc1)O[Si](C)(C)C(C)(C)C. The summed E-state index contributed by atoms with van der Waals surface area (Å²) >= 11 is 0. The van der Waals surface area contributed by atoms with Crippen molar-refractivity contribution in [3.63, 3.8) is 0 Å². The van der Waals surface area contributed by atoms with Crippen molar-refractivity contribution in [3.8, 4) is 0 Å². The lowest BCUT2D eigenvalue weighted by Crippen LogP contribution is -2.45. The van der Waals surface area contributed by atoms with Gasteiger partial charge < -0.3 is 14.3 Å². The van der Waals surface area contributed by atoms with Crippen LogP contribution in [0.5, 0.6) is 0 Å². The first-order chi connectivity index (χ1) is 12.1. The van der Waals surface area contributed by atoms with Gasteiger partial charge in [0, 0.05) is 12.7 Å². The van der Waals surface area contributed by atoms with Crippen molar-refractivity contribution in [1.29, 1.82) is 0 Å². The van der Waals surface area contributed by atoms with Gasteiger partial charge in [-0.25, -0.2) is 0 Å². The Morgan fingerprint density at radius 1 is 1.19 bits per heavy atom. The van der Waals surface area contributed by atoms with E-state index in [2.05, 4.69) is 52.6 Å². The van der Waals surface area contributed by atoms with Gasteiger partial charge in [0.25, 0.3) is 0 Å². The summed E-state index contributed by atoms with van der Waals surface area (Å²) in [5.74, 6) is 0.0609. The molecule has 0 saturated heterocycles. The van der Waals surface area contributed by atoms with Crippen LogP contribution in [0.1, 0.15) is 46.1 Å². The Labute approximate surface area is 161 Å². The van der Waals surface area contributed by atoms with Crippen LogP contribution in [0.4, 0.5) is 0 Å². The summed E-state index contributed by atoms with van der Waals surface area (Å²) in [5, 5.41) is 10.6. The monoisotopic (exact) mass is 378 g/mol. The van der Waals surface area contributed by atoms with Crippen LogP contribution in [0.15, 0.2) is 43.0 Å². The quantitative estimate of drug-likeness (QED) is 0.311. The topological polar surface area (TPSA) is 38.7 Å². The molecule has 3 nitrogen and oxygen atoms in total. The molecule has 0 aliphatic heterocycles. The van der Waals surface area contributed by atoms with Crippen LogP contribution in [0.25, 0.3) is 0 Å². The van der Waals surface area contributed by atoms with E-state index in [1.54, 1.807) is 6.08 Å². The molecule has 0 amide bonds. The summed E-state index contributed by atoms with van der Waals surface area (Å²) in [6, 6.07) is 10.2. The lowest BCUT2D eigenvalue weighted by molar-refractivity contribution is 0.0364. The van der Waals surface area contributed by atoms with Crippen LogP contribution in [0.3, 0.4) is 0 Å². The molecule has 0 saturated carbocycles. The standard InChI is InChI=1S/C22H38O3Si/c1-8-18(2)21(23)16-20(25-26(6,7)22(3,4)5)14-15-24-17-19-12-10-9-11-13-19/h8-13,18,20-21,23H,1,14-17H2,2-7H3/t18-,20+,21-/m1/s1. The summed E-state index contributed by atoms with van der Waals surface area (Å²) in [6.45, 7) is 18.3. The largest absolute Gasteiger partial charge is 0.414 e. The van der Waals surface area contributed by atoms with E-state index in [0.29, 0.717) is 19.6 Å². The van der Waals surface area contributed by atoms with Crippen molar-refractivity contribution >= 4 is 8.32 Å². The highest BCUT2D eigenvalue weighted by Crippen LogP contribution is 2.38. The first-order valence-corrected chi connectivity index (χ1v) is 12.6. The second-order valence-corrected chi connectivity index (χ2v) is 13.5. The van der Waals surface area contributed by atoms with E-state index < -0.39 is 14.4 Å². The smallest absolute Gasteiger partial charge is 0.192 e. The summed E-state index contributed by atoms with van der Waals surface area (Å²) in [6.07, 6.45) is 2.79. The van der Waals surface area contributed by atoms with Gasteiger partial charge in [0.15, 0.2) is 8.32 Å². The Balaban J connectivity index is 2.63. The van der Waals surface area contributed by atoms with Crippen molar-refractivity contribution in [3.05, 3.63) is 48.6 Å². The molecule has 4 heteroatoms. The van der Waals surface area contributed by atoms with Crippen LogP contribution >= 0.6 is 0 Å². The highest BCUT2D eigenvalue weighted by atomic mass is 28.4. The molecular formula is C22H38O3Si. The second kappa shape index (κ2) is 10.4. The summed E-state index contributed by atoms with van der Waals surface area (Å²) in [4.78, 5) is 0. The van der Waals surface area contributed by atoms with Gasteiger partial charge in [-0.1, -0.05) is 64.1 Å². The van der Waals surface area contributed by atoms with E-state index in [-0.39, 0.29) is 17.1 Å². The number of aliphatic hydroxyl groups excluding tert-OH is 1. The maximum atomic E-state index is 10.4. The number of ether oxygens (including phenoxy) is 1. The molecule has 148 valence electrons. The third kappa shape index (κ3) is 7.75. The number of hydrogen-bond donors (Lipinski definition) is 1. The Morgan fingerprint density at radius 2 is 1.81 bits per heavy atom. The Morgan fingerprint density at radius 3 is 2.35 bits per heavy atom. The number of aliphatic hydroxyl groups is 1. The normalized spacial score (nSPS) is 16.1. The molecular weight excluding hydrogens is 340 g/mol. The van der Waals surface area contributed by atoms with E-state index in [9.17, 15) is 5.11 Å². The number of hydrogen-bond acceptors (Lipinski definition) is 3. The van der Waals surface area contributed by atoms with Crippen molar-refractivity contribution < 1.29 is 14.3 Å². The average Bonchev–Trinajstić information content (AvgIpc) is 2.57. The summed E-state index contributed by atoms with van der Waals surface area (Å²) in [7, 11) is -1.90. The summed E-state index contributed by atoms with van der Waals surface area (Å²) in [5.41, 5.74) is 1.18. The molecule has 0 spiro atoms. The van der Waals surface area contributed by atoms with Gasteiger partial charge in [-0.3, -0.25) is 0 Å². The maximum Gasteiger partial charge on any atom is 0.192 e. The predicted octanol–water partition coefficient (Wildman–Crippen LogP) is 5.56. The Hall–Kier alpha value is -0.943. The van der Waals surface area contributed by atoms with Crippen molar-refractivity contribution in [2.24, 2.45) is 5.92 Å². The van der Waals surface area contributed by atoms with Crippen LogP contribution in [0, 0.1) is 5.92 Å². The first kappa shape index (κ1) is 23.1. The molecule has 1 N–H and O–H groups in total. The fourth-order valence-electron chi connectivity index (χ4n) is 2.44. The molecule has 1 rings (SSSR count).